The number of rotatable bonds is 7. The van der Waals surface area contributed by atoms with Crippen LogP contribution in [-0.2, 0) is 25.7 Å². The summed E-state index contributed by atoms with van der Waals surface area (Å²) in [5.74, 6) is -0.518. The van der Waals surface area contributed by atoms with Crippen molar-refractivity contribution in [3.63, 3.8) is 0 Å². The highest BCUT2D eigenvalue weighted by atomic mass is 16.7. The predicted octanol–water partition coefficient (Wildman–Crippen LogP) is 3.16. The second-order valence-corrected chi connectivity index (χ2v) is 11.4. The van der Waals surface area contributed by atoms with Crippen LogP contribution in [0.3, 0.4) is 0 Å². The predicted molar refractivity (Wildman–Crippen MR) is 147 cm³/mol. The summed E-state index contributed by atoms with van der Waals surface area (Å²) in [4.78, 5) is 43.5. The number of methoxy groups -OCH3 is 1. The molecule has 1 aliphatic carbocycles. The lowest BCUT2D eigenvalue weighted by molar-refractivity contribution is -0.142. The smallest absolute Gasteiger partial charge is 0.246 e. The lowest BCUT2D eigenvalue weighted by Crippen LogP contribution is -2.56. The maximum atomic E-state index is 14.2. The van der Waals surface area contributed by atoms with Crippen molar-refractivity contribution in [3.05, 3.63) is 60.2 Å². The number of benzene rings is 2. The first-order chi connectivity index (χ1) is 20.0. The molecule has 2 bridgehead atoms. The number of nitrogens with one attached hydrogen (secondary N) is 2. The molecule has 10 heteroatoms. The van der Waals surface area contributed by atoms with Crippen LogP contribution in [0.15, 0.2) is 54.6 Å². The van der Waals surface area contributed by atoms with Crippen molar-refractivity contribution >= 4 is 23.4 Å². The summed E-state index contributed by atoms with van der Waals surface area (Å²) in [6, 6.07) is 11.7. The van der Waals surface area contributed by atoms with Crippen molar-refractivity contribution in [1.29, 1.82) is 0 Å². The van der Waals surface area contributed by atoms with Crippen molar-refractivity contribution in [1.82, 2.24) is 10.2 Å². The average Bonchev–Trinajstić information content (AvgIpc) is 3.75. The molecule has 3 fully saturated rings. The Bertz CT molecular complexity index is 1400. The Hall–Kier alpha value is -4.05. The topological polar surface area (TPSA) is 115 Å². The van der Waals surface area contributed by atoms with Crippen LogP contribution in [0, 0.1) is 11.8 Å². The number of ether oxygens (including phenoxy) is 4. The summed E-state index contributed by atoms with van der Waals surface area (Å²) >= 11 is 0. The van der Waals surface area contributed by atoms with E-state index in [1.165, 1.54) is 0 Å². The third kappa shape index (κ3) is 4.32. The van der Waals surface area contributed by atoms with Crippen LogP contribution in [-0.4, -0.2) is 60.3 Å². The minimum Gasteiger partial charge on any atom is -0.497 e. The number of amides is 3. The number of hydrogen-bond acceptors (Lipinski definition) is 7. The van der Waals surface area contributed by atoms with Gasteiger partial charge in [-0.1, -0.05) is 37.5 Å². The number of hydrogen-bond donors (Lipinski definition) is 2. The minimum absolute atomic E-state index is 0.0611. The first kappa shape index (κ1) is 25.9. The molecule has 0 aromatic heterocycles. The molecule has 3 amide bonds. The van der Waals surface area contributed by atoms with E-state index in [4.69, 9.17) is 18.9 Å². The van der Waals surface area contributed by atoms with E-state index < -0.39 is 29.6 Å². The van der Waals surface area contributed by atoms with Crippen molar-refractivity contribution < 1.29 is 33.3 Å². The van der Waals surface area contributed by atoms with Crippen LogP contribution in [0.2, 0.25) is 0 Å². The van der Waals surface area contributed by atoms with Gasteiger partial charge in [-0.3, -0.25) is 14.4 Å². The normalized spacial score (nSPS) is 29.5. The Kier molecular flexibility index (Phi) is 6.37. The summed E-state index contributed by atoms with van der Waals surface area (Å²) in [5.41, 5.74) is 0.164. The number of nitrogens with zero attached hydrogens (tertiary/aromatic N) is 1. The molecule has 41 heavy (non-hydrogen) atoms. The zero-order valence-electron chi connectivity index (χ0n) is 22.8. The van der Waals surface area contributed by atoms with Crippen molar-refractivity contribution in [3.8, 4) is 17.2 Å². The highest BCUT2D eigenvalue weighted by molar-refractivity contribution is 6.02. The van der Waals surface area contributed by atoms with Crippen LogP contribution in [0.4, 0.5) is 5.69 Å². The summed E-state index contributed by atoms with van der Waals surface area (Å²) in [6.07, 6.45) is 8.18. The molecule has 2 aromatic rings. The first-order valence-electron chi connectivity index (χ1n) is 14.3. The van der Waals surface area contributed by atoms with Gasteiger partial charge in [-0.25, -0.2) is 0 Å². The summed E-state index contributed by atoms with van der Waals surface area (Å²) in [7, 11) is 1.58. The largest absolute Gasteiger partial charge is 0.497 e. The molecular weight excluding hydrogens is 526 g/mol. The van der Waals surface area contributed by atoms with Crippen molar-refractivity contribution in [2.24, 2.45) is 11.8 Å². The SMILES string of the molecule is COc1ccc(NC(=O)C2C3C=CC4(O3)C2C(=O)N(Cc2ccc3c(c2)OCO3)C4C(=O)NC2CCCCC2)cc1. The molecule has 10 nitrogen and oxygen atoms in total. The van der Waals surface area contributed by atoms with Crippen LogP contribution in [0.25, 0.3) is 0 Å². The average molecular weight is 560 g/mol. The molecule has 0 radical (unpaired) electrons. The maximum absolute atomic E-state index is 14.2. The number of anilines is 1. The van der Waals surface area contributed by atoms with E-state index in [0.29, 0.717) is 22.9 Å². The Morgan fingerprint density at radius 3 is 2.59 bits per heavy atom. The molecule has 7 rings (SSSR count). The van der Waals surface area contributed by atoms with Gasteiger partial charge in [0.25, 0.3) is 0 Å². The highest BCUT2D eigenvalue weighted by Crippen LogP contribution is 2.55. The Morgan fingerprint density at radius 2 is 1.80 bits per heavy atom. The molecule has 2 N–H and O–H groups in total. The first-order valence-corrected chi connectivity index (χ1v) is 14.3. The van der Waals surface area contributed by atoms with Crippen LogP contribution >= 0.6 is 0 Å². The van der Waals surface area contributed by atoms with E-state index in [-0.39, 0.29) is 37.1 Å². The zero-order valence-corrected chi connectivity index (χ0v) is 22.8. The number of fused-ring (bicyclic) bond motifs is 2. The van der Waals surface area contributed by atoms with Crippen molar-refractivity contribution in [2.45, 2.75) is 62.4 Å². The van der Waals surface area contributed by atoms with Gasteiger partial charge in [0.15, 0.2) is 11.5 Å². The van der Waals surface area contributed by atoms with Gasteiger partial charge >= 0.3 is 0 Å². The molecule has 5 aliphatic rings. The van der Waals surface area contributed by atoms with E-state index in [0.717, 1.165) is 37.7 Å². The fourth-order valence-corrected chi connectivity index (χ4v) is 7.10. The molecule has 4 aliphatic heterocycles. The fourth-order valence-electron chi connectivity index (χ4n) is 7.10. The van der Waals surface area contributed by atoms with Gasteiger partial charge in [0.1, 0.15) is 17.4 Å². The van der Waals surface area contributed by atoms with E-state index in [2.05, 4.69) is 10.6 Å². The van der Waals surface area contributed by atoms with Gasteiger partial charge in [-0.2, -0.15) is 0 Å². The van der Waals surface area contributed by atoms with Gasteiger partial charge in [-0.05, 0) is 54.8 Å². The molecule has 1 saturated carbocycles. The van der Waals surface area contributed by atoms with Gasteiger partial charge in [0.05, 0.1) is 25.0 Å². The molecule has 2 saturated heterocycles. The number of carbonyl (C=O) groups excluding carboxylic acids is 3. The number of carbonyl (C=O) groups is 3. The van der Waals surface area contributed by atoms with Gasteiger partial charge in [0.2, 0.25) is 24.5 Å². The monoisotopic (exact) mass is 559 g/mol. The third-order valence-corrected chi connectivity index (χ3v) is 9.02. The van der Waals surface area contributed by atoms with Crippen LogP contribution < -0.4 is 24.8 Å². The highest BCUT2D eigenvalue weighted by Gasteiger charge is 2.72. The Balaban J connectivity index is 1.20. The van der Waals surface area contributed by atoms with Crippen LogP contribution in [0.5, 0.6) is 17.2 Å². The van der Waals surface area contributed by atoms with Gasteiger partial charge in [-0.15, -0.1) is 0 Å². The third-order valence-electron chi connectivity index (χ3n) is 9.02. The summed E-state index contributed by atoms with van der Waals surface area (Å²) in [6.45, 7) is 0.315. The standard InChI is InChI=1S/C31H33N3O7/c1-38-21-10-8-20(9-11-21)32-28(35)25-23-13-14-31(41-23)26(25)30(37)34(16-18-7-12-22-24(15-18)40-17-39-22)27(31)29(36)33-19-5-3-2-4-6-19/h7-15,19,23,25-27H,2-6,16-17H2,1H3,(H,32,35)(H,33,36). The van der Waals surface area contributed by atoms with E-state index in [1.54, 1.807) is 36.3 Å². The minimum atomic E-state index is -1.22. The second-order valence-electron chi connectivity index (χ2n) is 11.4. The molecule has 214 valence electrons. The molecular formula is C31H33N3O7. The molecule has 5 atom stereocenters. The molecule has 5 unspecified atom stereocenters. The van der Waals surface area contributed by atoms with Crippen molar-refractivity contribution in [2.75, 3.05) is 19.2 Å². The second kappa shape index (κ2) is 10.1. The summed E-state index contributed by atoms with van der Waals surface area (Å²) < 4.78 is 22.7. The Morgan fingerprint density at radius 1 is 1.02 bits per heavy atom. The fraction of sp³-hybridized carbons (Fsp3) is 0.452. The quantitative estimate of drug-likeness (QED) is 0.501. The lowest BCUT2D eigenvalue weighted by Gasteiger charge is -2.34. The van der Waals surface area contributed by atoms with Gasteiger partial charge < -0.3 is 34.5 Å². The number of likely N-dealkylation sites (tertiary alicyclic amines) is 1. The van der Waals surface area contributed by atoms with E-state index >= 15 is 0 Å². The van der Waals surface area contributed by atoms with Gasteiger partial charge in [0, 0.05) is 18.3 Å². The Labute approximate surface area is 238 Å². The lowest BCUT2D eigenvalue weighted by atomic mass is 9.74. The van der Waals surface area contributed by atoms with Crippen LogP contribution in [0.1, 0.15) is 37.7 Å². The molecule has 2 aromatic carbocycles. The maximum Gasteiger partial charge on any atom is 0.246 e. The zero-order chi connectivity index (χ0) is 28.1. The van der Waals surface area contributed by atoms with E-state index in [1.807, 2.05) is 30.4 Å². The molecule has 1 spiro atoms. The van der Waals surface area contributed by atoms with E-state index in [9.17, 15) is 14.4 Å². The summed E-state index contributed by atoms with van der Waals surface area (Å²) in [5, 5.41) is 6.16. The molecule has 4 heterocycles.